The van der Waals surface area contributed by atoms with Gasteiger partial charge in [-0.2, -0.15) is 0 Å². The van der Waals surface area contributed by atoms with Gasteiger partial charge in [-0.3, -0.25) is 0 Å². The smallest absolute Gasteiger partial charge is 0.0374 e. The molecule has 0 radical (unpaired) electrons. The Morgan fingerprint density at radius 3 is 2.69 bits per heavy atom. The highest BCUT2D eigenvalue weighted by Gasteiger charge is 2.30. The van der Waals surface area contributed by atoms with Crippen molar-refractivity contribution in [3.63, 3.8) is 0 Å². The topological polar surface area (TPSA) is 12.0 Å². The number of para-hydroxylation sites is 1. The molecular formula is C15H23N. The highest BCUT2D eigenvalue weighted by molar-refractivity contribution is 5.51. The van der Waals surface area contributed by atoms with Gasteiger partial charge in [-0.1, -0.05) is 39.0 Å². The van der Waals surface area contributed by atoms with Gasteiger partial charge in [0.25, 0.3) is 0 Å². The Balaban J connectivity index is 2.04. The molecule has 1 aromatic carbocycles. The standard InChI is InChI=1S/C15H23N/c1-4-12-7-5-6-8-14(12)16-13-9-10-15(2,3)11-13/h5-8,13,16H,4,9-11H2,1-3H3. The largest absolute Gasteiger partial charge is 0.382 e. The van der Waals surface area contributed by atoms with Crippen LogP contribution in [0, 0.1) is 5.41 Å². The van der Waals surface area contributed by atoms with Crippen LogP contribution in [0.5, 0.6) is 0 Å². The van der Waals surface area contributed by atoms with Gasteiger partial charge in [0.1, 0.15) is 0 Å². The number of anilines is 1. The Morgan fingerprint density at radius 1 is 1.31 bits per heavy atom. The minimum Gasteiger partial charge on any atom is -0.382 e. The molecule has 1 aliphatic carbocycles. The number of nitrogens with one attached hydrogen (secondary N) is 1. The SMILES string of the molecule is CCc1ccccc1NC1CCC(C)(C)C1. The molecule has 2 rings (SSSR count). The monoisotopic (exact) mass is 217 g/mol. The van der Waals surface area contributed by atoms with E-state index < -0.39 is 0 Å². The first-order valence-corrected chi connectivity index (χ1v) is 6.45. The molecule has 1 aliphatic rings. The van der Waals surface area contributed by atoms with E-state index in [4.69, 9.17) is 0 Å². The van der Waals surface area contributed by atoms with Crippen molar-refractivity contribution >= 4 is 5.69 Å². The van der Waals surface area contributed by atoms with E-state index in [0.29, 0.717) is 11.5 Å². The van der Waals surface area contributed by atoms with Crippen LogP contribution in [-0.2, 0) is 6.42 Å². The summed E-state index contributed by atoms with van der Waals surface area (Å²) in [5.74, 6) is 0. The third-order valence-corrected chi connectivity index (χ3v) is 3.73. The Labute approximate surface area is 99.3 Å². The fraction of sp³-hybridized carbons (Fsp3) is 0.600. The van der Waals surface area contributed by atoms with Crippen molar-refractivity contribution in [2.45, 2.75) is 52.5 Å². The van der Waals surface area contributed by atoms with E-state index in [1.807, 2.05) is 0 Å². The maximum absolute atomic E-state index is 3.72. The Bertz CT molecular complexity index is 354. The average molecular weight is 217 g/mol. The summed E-state index contributed by atoms with van der Waals surface area (Å²) in [6, 6.07) is 9.36. The van der Waals surface area contributed by atoms with Gasteiger partial charge in [0.15, 0.2) is 0 Å². The second kappa shape index (κ2) is 4.48. The fourth-order valence-electron chi connectivity index (χ4n) is 2.75. The van der Waals surface area contributed by atoms with Crippen LogP contribution in [0.25, 0.3) is 0 Å². The summed E-state index contributed by atoms with van der Waals surface area (Å²) in [5, 5.41) is 3.72. The van der Waals surface area contributed by atoms with E-state index in [1.165, 1.54) is 30.5 Å². The molecule has 1 aromatic rings. The maximum atomic E-state index is 3.72. The lowest BCUT2D eigenvalue weighted by Crippen LogP contribution is -2.18. The van der Waals surface area contributed by atoms with Crippen molar-refractivity contribution in [3.05, 3.63) is 29.8 Å². The van der Waals surface area contributed by atoms with Crippen molar-refractivity contribution in [3.8, 4) is 0 Å². The molecule has 1 N–H and O–H groups in total. The Morgan fingerprint density at radius 2 is 2.06 bits per heavy atom. The Hall–Kier alpha value is -0.980. The van der Waals surface area contributed by atoms with E-state index in [1.54, 1.807) is 0 Å². The lowest BCUT2D eigenvalue weighted by atomic mass is 9.92. The number of hydrogen-bond acceptors (Lipinski definition) is 1. The molecule has 0 amide bonds. The van der Waals surface area contributed by atoms with Gasteiger partial charge in [0, 0.05) is 11.7 Å². The first-order valence-electron chi connectivity index (χ1n) is 6.45. The number of benzene rings is 1. The molecule has 0 aromatic heterocycles. The van der Waals surface area contributed by atoms with E-state index in [2.05, 4.69) is 50.4 Å². The fourth-order valence-corrected chi connectivity index (χ4v) is 2.75. The molecule has 0 aliphatic heterocycles. The number of rotatable bonds is 3. The lowest BCUT2D eigenvalue weighted by molar-refractivity contribution is 0.378. The van der Waals surface area contributed by atoms with Crippen LogP contribution in [0.3, 0.4) is 0 Å². The molecule has 0 heterocycles. The quantitative estimate of drug-likeness (QED) is 0.798. The van der Waals surface area contributed by atoms with Crippen molar-refractivity contribution < 1.29 is 0 Å². The first-order chi connectivity index (χ1) is 7.61. The van der Waals surface area contributed by atoms with Gasteiger partial charge in [-0.15, -0.1) is 0 Å². The highest BCUT2D eigenvalue weighted by atomic mass is 14.9. The summed E-state index contributed by atoms with van der Waals surface area (Å²) in [6.45, 7) is 6.97. The summed E-state index contributed by atoms with van der Waals surface area (Å²) in [7, 11) is 0. The normalized spacial score (nSPS) is 23.3. The molecule has 16 heavy (non-hydrogen) atoms. The first kappa shape index (κ1) is 11.5. The van der Waals surface area contributed by atoms with Crippen LogP contribution in [0.1, 0.15) is 45.6 Å². The van der Waals surface area contributed by atoms with Gasteiger partial charge in [-0.05, 0) is 42.7 Å². The van der Waals surface area contributed by atoms with Crippen LogP contribution >= 0.6 is 0 Å². The molecule has 1 unspecified atom stereocenters. The van der Waals surface area contributed by atoms with Crippen molar-refractivity contribution in [2.24, 2.45) is 5.41 Å². The molecule has 0 saturated heterocycles. The summed E-state index contributed by atoms with van der Waals surface area (Å²) >= 11 is 0. The average Bonchev–Trinajstić information content (AvgIpc) is 2.59. The van der Waals surface area contributed by atoms with Crippen molar-refractivity contribution in [2.75, 3.05) is 5.32 Å². The number of aryl methyl sites for hydroxylation is 1. The zero-order valence-electron chi connectivity index (χ0n) is 10.7. The zero-order chi connectivity index (χ0) is 11.6. The molecule has 88 valence electrons. The maximum Gasteiger partial charge on any atom is 0.0374 e. The van der Waals surface area contributed by atoms with E-state index >= 15 is 0 Å². The van der Waals surface area contributed by atoms with E-state index in [-0.39, 0.29) is 0 Å². The second-order valence-corrected chi connectivity index (χ2v) is 5.76. The predicted molar refractivity (Wildman–Crippen MR) is 70.9 cm³/mol. The third kappa shape index (κ3) is 2.58. The van der Waals surface area contributed by atoms with Crippen LogP contribution in [0.2, 0.25) is 0 Å². The molecule has 1 saturated carbocycles. The van der Waals surface area contributed by atoms with Crippen LogP contribution in [-0.4, -0.2) is 6.04 Å². The molecule has 0 spiro atoms. The minimum absolute atomic E-state index is 0.527. The summed E-state index contributed by atoms with van der Waals surface area (Å²) in [5.41, 5.74) is 3.30. The van der Waals surface area contributed by atoms with E-state index in [0.717, 1.165) is 6.42 Å². The number of hydrogen-bond donors (Lipinski definition) is 1. The molecule has 1 fully saturated rings. The van der Waals surface area contributed by atoms with Crippen LogP contribution < -0.4 is 5.32 Å². The second-order valence-electron chi connectivity index (χ2n) is 5.76. The van der Waals surface area contributed by atoms with Gasteiger partial charge in [0.05, 0.1) is 0 Å². The highest BCUT2D eigenvalue weighted by Crippen LogP contribution is 2.38. The van der Waals surface area contributed by atoms with Gasteiger partial charge in [0.2, 0.25) is 0 Å². The third-order valence-electron chi connectivity index (χ3n) is 3.73. The Kier molecular flexibility index (Phi) is 3.22. The summed E-state index contributed by atoms with van der Waals surface area (Å²) in [6.07, 6.45) is 5.06. The molecule has 1 nitrogen and oxygen atoms in total. The van der Waals surface area contributed by atoms with Gasteiger partial charge < -0.3 is 5.32 Å². The van der Waals surface area contributed by atoms with Gasteiger partial charge in [-0.25, -0.2) is 0 Å². The van der Waals surface area contributed by atoms with Gasteiger partial charge >= 0.3 is 0 Å². The minimum atomic E-state index is 0.527. The lowest BCUT2D eigenvalue weighted by Gasteiger charge is -2.20. The van der Waals surface area contributed by atoms with Crippen LogP contribution in [0.15, 0.2) is 24.3 Å². The van der Waals surface area contributed by atoms with Crippen molar-refractivity contribution in [1.82, 2.24) is 0 Å². The zero-order valence-corrected chi connectivity index (χ0v) is 10.7. The molecule has 1 heteroatoms. The van der Waals surface area contributed by atoms with E-state index in [9.17, 15) is 0 Å². The molecule has 0 bridgehead atoms. The predicted octanol–water partition coefficient (Wildman–Crippen LogP) is 4.24. The summed E-state index contributed by atoms with van der Waals surface area (Å²) in [4.78, 5) is 0. The van der Waals surface area contributed by atoms with Crippen molar-refractivity contribution in [1.29, 1.82) is 0 Å². The van der Waals surface area contributed by atoms with Crippen LogP contribution in [0.4, 0.5) is 5.69 Å². The summed E-state index contributed by atoms with van der Waals surface area (Å²) < 4.78 is 0. The molecular weight excluding hydrogens is 194 g/mol. The molecule has 1 atom stereocenters.